The molecule has 24 heavy (non-hydrogen) atoms. The zero-order valence-electron chi connectivity index (χ0n) is 12.5. The third kappa shape index (κ3) is 5.23. The van der Waals surface area contributed by atoms with Crippen LogP contribution < -0.4 is 9.62 Å². The zero-order valence-corrected chi connectivity index (χ0v) is 16.9. The molecule has 0 unspecified atom stereocenters. The van der Waals surface area contributed by atoms with Crippen molar-refractivity contribution in [3.8, 4) is 0 Å². The first-order valence-corrected chi connectivity index (χ1v) is 10.3. The van der Waals surface area contributed by atoms with Gasteiger partial charge in [-0.15, -0.1) is 0 Å². The quantitative estimate of drug-likeness (QED) is 0.633. The van der Waals surface area contributed by atoms with E-state index in [9.17, 15) is 13.2 Å². The van der Waals surface area contributed by atoms with Crippen LogP contribution in [0.1, 0.15) is 0 Å². The molecule has 0 heterocycles. The van der Waals surface area contributed by atoms with Gasteiger partial charge in [-0.1, -0.05) is 29.3 Å². The third-order valence-corrected chi connectivity index (χ3v) is 5.35. The summed E-state index contributed by atoms with van der Waals surface area (Å²) in [6, 6.07) is 11.4. The van der Waals surface area contributed by atoms with Gasteiger partial charge in [-0.05, 0) is 59.0 Å². The predicted octanol–water partition coefficient (Wildman–Crippen LogP) is 4.00. The minimum Gasteiger partial charge on any atom is -0.323 e. The Morgan fingerprint density at radius 2 is 1.92 bits per heavy atom. The number of carbonyl (C=O) groups is 1. The van der Waals surface area contributed by atoms with Crippen molar-refractivity contribution < 1.29 is 13.2 Å². The number of nitrogens with one attached hydrogen (secondary N) is 1. The van der Waals surface area contributed by atoms with Gasteiger partial charge in [-0.2, -0.15) is 0 Å². The maximum Gasteiger partial charge on any atom is 0.245 e. The summed E-state index contributed by atoms with van der Waals surface area (Å²) in [5.41, 5.74) is 0.732. The Labute approximate surface area is 164 Å². The molecule has 0 aliphatic heterocycles. The van der Waals surface area contributed by atoms with Crippen LogP contribution in [0.4, 0.5) is 11.4 Å². The smallest absolute Gasteiger partial charge is 0.245 e. The molecule has 0 fully saturated rings. The van der Waals surface area contributed by atoms with Gasteiger partial charge in [0.05, 0.1) is 22.7 Å². The summed E-state index contributed by atoms with van der Waals surface area (Å²) in [4.78, 5) is 12.3. The van der Waals surface area contributed by atoms with Crippen LogP contribution in [0.2, 0.25) is 10.0 Å². The number of amides is 1. The van der Waals surface area contributed by atoms with Crippen LogP contribution in [-0.4, -0.2) is 27.1 Å². The Morgan fingerprint density at radius 1 is 1.21 bits per heavy atom. The van der Waals surface area contributed by atoms with Gasteiger partial charge in [-0.25, -0.2) is 8.42 Å². The average molecular weight is 499 g/mol. The average Bonchev–Trinajstić information content (AvgIpc) is 2.46. The minimum atomic E-state index is -3.66. The standard InChI is InChI=1S/C15H13Cl2IN2O3S/c1-24(22,23)20(12-4-2-3-10(16)7-12)9-15(21)19-14-6-5-11(18)8-13(14)17/h2-8H,9H2,1H3,(H,19,21). The molecule has 5 nitrogen and oxygen atoms in total. The summed E-state index contributed by atoms with van der Waals surface area (Å²) >= 11 is 14.1. The highest BCUT2D eigenvalue weighted by atomic mass is 127. The van der Waals surface area contributed by atoms with E-state index in [0.29, 0.717) is 21.4 Å². The van der Waals surface area contributed by atoms with Crippen LogP contribution in [0.3, 0.4) is 0 Å². The van der Waals surface area contributed by atoms with Gasteiger partial charge >= 0.3 is 0 Å². The highest BCUT2D eigenvalue weighted by Gasteiger charge is 2.21. The van der Waals surface area contributed by atoms with Gasteiger partial charge in [0, 0.05) is 8.59 Å². The number of hydrogen-bond acceptors (Lipinski definition) is 3. The molecule has 9 heteroatoms. The van der Waals surface area contributed by atoms with Crippen LogP contribution in [0, 0.1) is 3.57 Å². The van der Waals surface area contributed by atoms with E-state index in [-0.39, 0.29) is 6.54 Å². The molecule has 2 aromatic carbocycles. The van der Waals surface area contributed by atoms with E-state index in [0.717, 1.165) is 14.1 Å². The largest absolute Gasteiger partial charge is 0.323 e. The van der Waals surface area contributed by atoms with Crippen molar-refractivity contribution in [2.45, 2.75) is 0 Å². The van der Waals surface area contributed by atoms with Gasteiger partial charge in [0.25, 0.3) is 0 Å². The molecule has 0 saturated heterocycles. The highest BCUT2D eigenvalue weighted by Crippen LogP contribution is 2.25. The Hall–Kier alpha value is -1.03. The number of benzene rings is 2. The molecule has 0 aromatic heterocycles. The first kappa shape index (κ1) is 19.3. The fourth-order valence-electron chi connectivity index (χ4n) is 1.94. The Bertz CT molecular complexity index is 875. The van der Waals surface area contributed by atoms with Crippen molar-refractivity contribution >= 4 is 73.1 Å². The number of rotatable bonds is 5. The molecule has 0 aliphatic rings. The molecule has 0 atom stereocenters. The van der Waals surface area contributed by atoms with Crippen molar-refractivity contribution in [2.75, 3.05) is 22.4 Å². The molecule has 0 aliphatic carbocycles. The summed E-state index contributed by atoms with van der Waals surface area (Å²) in [6.07, 6.45) is 1.03. The number of nitrogens with zero attached hydrogens (tertiary/aromatic N) is 1. The van der Waals surface area contributed by atoms with E-state index in [1.165, 1.54) is 6.07 Å². The lowest BCUT2D eigenvalue weighted by molar-refractivity contribution is -0.114. The van der Waals surface area contributed by atoms with Crippen molar-refractivity contribution in [3.63, 3.8) is 0 Å². The van der Waals surface area contributed by atoms with Crippen LogP contribution >= 0.6 is 45.8 Å². The lowest BCUT2D eigenvalue weighted by atomic mass is 10.3. The number of anilines is 2. The number of sulfonamides is 1. The highest BCUT2D eigenvalue weighted by molar-refractivity contribution is 14.1. The molecule has 0 spiro atoms. The van der Waals surface area contributed by atoms with Crippen molar-refractivity contribution in [3.05, 3.63) is 56.1 Å². The number of carbonyl (C=O) groups excluding carboxylic acids is 1. The maximum atomic E-state index is 12.3. The third-order valence-electron chi connectivity index (χ3n) is 2.99. The van der Waals surface area contributed by atoms with Crippen LogP contribution in [0.15, 0.2) is 42.5 Å². The Kier molecular flexibility index (Phi) is 6.35. The second-order valence-corrected chi connectivity index (χ2v) is 8.92. The molecule has 0 radical (unpaired) electrons. The maximum absolute atomic E-state index is 12.3. The topological polar surface area (TPSA) is 66.5 Å². The van der Waals surface area contributed by atoms with E-state index in [1.807, 2.05) is 0 Å². The van der Waals surface area contributed by atoms with Crippen molar-refractivity contribution in [1.82, 2.24) is 0 Å². The number of hydrogen-bond donors (Lipinski definition) is 1. The Balaban J connectivity index is 2.22. The lowest BCUT2D eigenvalue weighted by Crippen LogP contribution is -2.37. The van der Waals surface area contributed by atoms with Crippen molar-refractivity contribution in [2.24, 2.45) is 0 Å². The Morgan fingerprint density at radius 3 is 2.50 bits per heavy atom. The van der Waals surface area contributed by atoms with Gasteiger partial charge in [-0.3, -0.25) is 9.10 Å². The van der Waals surface area contributed by atoms with Crippen LogP contribution in [0.25, 0.3) is 0 Å². The van der Waals surface area contributed by atoms with E-state index in [2.05, 4.69) is 27.9 Å². The SMILES string of the molecule is CS(=O)(=O)N(CC(=O)Nc1ccc(I)cc1Cl)c1cccc(Cl)c1. The molecule has 2 rings (SSSR count). The van der Waals surface area contributed by atoms with Gasteiger partial charge in [0.2, 0.25) is 15.9 Å². The normalized spacial score (nSPS) is 11.2. The minimum absolute atomic E-state index is 0.314. The van der Waals surface area contributed by atoms with E-state index < -0.39 is 15.9 Å². The second kappa shape index (κ2) is 7.90. The van der Waals surface area contributed by atoms with Gasteiger partial charge < -0.3 is 5.32 Å². The lowest BCUT2D eigenvalue weighted by Gasteiger charge is -2.22. The monoisotopic (exact) mass is 498 g/mol. The molecule has 0 saturated carbocycles. The summed E-state index contributed by atoms with van der Waals surface area (Å²) in [6.45, 7) is -0.387. The molecular formula is C15H13Cl2IN2O3S. The molecule has 128 valence electrons. The summed E-state index contributed by atoms with van der Waals surface area (Å²) < 4.78 is 25.9. The fraction of sp³-hybridized carbons (Fsp3) is 0.133. The van der Waals surface area contributed by atoms with E-state index in [1.54, 1.807) is 36.4 Å². The first-order valence-electron chi connectivity index (χ1n) is 6.65. The molecule has 1 N–H and O–H groups in total. The molecule has 2 aromatic rings. The van der Waals surface area contributed by atoms with Crippen molar-refractivity contribution in [1.29, 1.82) is 0 Å². The number of halogens is 3. The van der Waals surface area contributed by atoms with E-state index >= 15 is 0 Å². The second-order valence-electron chi connectivity index (χ2n) is 4.92. The molecular weight excluding hydrogens is 486 g/mol. The fourth-order valence-corrected chi connectivity index (χ4v) is 3.88. The summed E-state index contributed by atoms with van der Waals surface area (Å²) in [7, 11) is -3.66. The summed E-state index contributed by atoms with van der Waals surface area (Å²) in [5, 5.41) is 3.37. The van der Waals surface area contributed by atoms with E-state index in [4.69, 9.17) is 23.2 Å². The predicted molar refractivity (Wildman–Crippen MR) is 106 cm³/mol. The van der Waals surface area contributed by atoms with Crippen LogP contribution in [-0.2, 0) is 14.8 Å². The zero-order chi connectivity index (χ0) is 17.9. The van der Waals surface area contributed by atoms with Gasteiger partial charge in [0.15, 0.2) is 0 Å². The molecule has 0 bridgehead atoms. The van der Waals surface area contributed by atoms with Crippen LogP contribution in [0.5, 0.6) is 0 Å². The molecule has 1 amide bonds. The first-order chi connectivity index (χ1) is 11.2. The van der Waals surface area contributed by atoms with Gasteiger partial charge in [0.1, 0.15) is 6.54 Å². The summed E-state index contributed by atoms with van der Waals surface area (Å²) in [5.74, 6) is -0.511.